The number of amides is 1. The third-order valence-electron chi connectivity index (χ3n) is 5.11. The third kappa shape index (κ3) is 3.88. The molecule has 0 bridgehead atoms. The molecule has 0 saturated heterocycles. The summed E-state index contributed by atoms with van der Waals surface area (Å²) in [7, 11) is 3.08. The van der Waals surface area contributed by atoms with E-state index in [2.05, 4.69) is 10.3 Å². The van der Waals surface area contributed by atoms with E-state index in [4.69, 9.17) is 9.47 Å². The first-order valence-corrected chi connectivity index (χ1v) is 9.48. The van der Waals surface area contributed by atoms with Crippen LogP contribution in [0.2, 0.25) is 0 Å². The first kappa shape index (κ1) is 20.6. The van der Waals surface area contributed by atoms with Gasteiger partial charge in [-0.3, -0.25) is 14.6 Å². The number of methoxy groups -OCH3 is 2. The summed E-state index contributed by atoms with van der Waals surface area (Å²) in [5, 5.41) is 3.11. The van der Waals surface area contributed by atoms with Crippen molar-refractivity contribution in [2.45, 2.75) is 19.5 Å². The highest BCUT2D eigenvalue weighted by Crippen LogP contribution is 2.29. The first-order valence-electron chi connectivity index (χ1n) is 9.48. The van der Waals surface area contributed by atoms with Crippen LogP contribution in [0.4, 0.5) is 14.5 Å². The monoisotopic (exact) mass is 430 g/mol. The van der Waals surface area contributed by atoms with E-state index in [1.807, 2.05) is 6.08 Å². The number of halogens is 2. The molecule has 4 heterocycles. The summed E-state index contributed by atoms with van der Waals surface area (Å²) in [6.45, 7) is -0.0385. The zero-order chi connectivity index (χ0) is 22.1. The molecule has 0 aliphatic carbocycles. The Morgan fingerprint density at radius 1 is 1.19 bits per heavy atom. The van der Waals surface area contributed by atoms with Crippen LogP contribution in [-0.2, 0) is 22.6 Å². The van der Waals surface area contributed by atoms with Crippen LogP contribution >= 0.6 is 0 Å². The molecule has 31 heavy (non-hydrogen) atoms. The van der Waals surface area contributed by atoms with Gasteiger partial charge in [0.2, 0.25) is 5.88 Å². The molecule has 2 aliphatic heterocycles. The summed E-state index contributed by atoms with van der Waals surface area (Å²) in [6, 6.07) is 6.10. The Bertz CT molecular complexity index is 1160. The maximum atomic E-state index is 12.8. The average Bonchev–Trinajstić information content (AvgIpc) is 3.10. The minimum absolute atomic E-state index is 0.178. The molecule has 1 N–H and O–H groups in total. The molecular formula is C21H20F2N4O4. The van der Waals surface area contributed by atoms with E-state index in [1.165, 1.54) is 30.3 Å². The number of hydrogen-bond donors (Lipinski definition) is 1. The van der Waals surface area contributed by atoms with Crippen molar-refractivity contribution in [3.8, 4) is 0 Å². The predicted octanol–water partition coefficient (Wildman–Crippen LogP) is 2.12. The second kappa shape index (κ2) is 8.21. The van der Waals surface area contributed by atoms with E-state index in [9.17, 15) is 18.4 Å². The summed E-state index contributed by atoms with van der Waals surface area (Å²) >= 11 is 0. The fraction of sp³-hybridized carbons (Fsp3) is 0.286. The van der Waals surface area contributed by atoms with Gasteiger partial charge in [0, 0.05) is 24.4 Å². The first-order chi connectivity index (χ1) is 14.9. The van der Waals surface area contributed by atoms with Gasteiger partial charge in [-0.1, -0.05) is 0 Å². The van der Waals surface area contributed by atoms with Gasteiger partial charge in [-0.25, -0.2) is 8.78 Å². The van der Waals surface area contributed by atoms with Crippen molar-refractivity contribution in [1.82, 2.24) is 14.9 Å². The van der Waals surface area contributed by atoms with E-state index in [1.54, 1.807) is 19.2 Å². The van der Waals surface area contributed by atoms with Crippen molar-refractivity contribution in [3.05, 3.63) is 75.5 Å². The van der Waals surface area contributed by atoms with Crippen molar-refractivity contribution in [1.29, 1.82) is 0 Å². The number of ether oxygens (including phenoxy) is 2. The average molecular weight is 430 g/mol. The molecule has 0 atom stereocenters. The van der Waals surface area contributed by atoms with Crippen LogP contribution in [0.25, 0.3) is 5.57 Å². The number of carbonyl (C=O) groups excluding carboxylic acids is 1. The molecule has 0 saturated carbocycles. The summed E-state index contributed by atoms with van der Waals surface area (Å²) in [5.41, 5.74) is 2.29. The van der Waals surface area contributed by atoms with E-state index in [0.717, 1.165) is 10.1 Å². The molecule has 2 aliphatic rings. The number of allylic oxidation sites excluding steroid dienone is 1. The summed E-state index contributed by atoms with van der Waals surface area (Å²) in [5.74, 6) is 0.762. The van der Waals surface area contributed by atoms with Gasteiger partial charge in [0.15, 0.2) is 5.76 Å². The zero-order valence-corrected chi connectivity index (χ0v) is 16.9. The summed E-state index contributed by atoms with van der Waals surface area (Å²) in [4.78, 5) is 31.0. The van der Waals surface area contributed by atoms with Crippen molar-refractivity contribution < 1.29 is 23.0 Å². The van der Waals surface area contributed by atoms with Gasteiger partial charge in [-0.05, 0) is 24.3 Å². The Labute approximate surface area is 176 Å². The van der Waals surface area contributed by atoms with Gasteiger partial charge >= 0.3 is 0 Å². The highest BCUT2D eigenvalue weighted by atomic mass is 19.3. The Kier molecular flexibility index (Phi) is 5.45. The normalized spacial score (nSPS) is 15.7. The largest absolute Gasteiger partial charge is 0.491 e. The fourth-order valence-corrected chi connectivity index (χ4v) is 3.56. The number of rotatable bonds is 6. The van der Waals surface area contributed by atoms with Gasteiger partial charge in [-0.15, -0.1) is 0 Å². The molecule has 2 aromatic rings. The topological polar surface area (TPSA) is 85.7 Å². The number of carbonyl (C=O) groups is 1. The molecule has 4 rings (SSSR count). The number of nitrogens with one attached hydrogen (secondary N) is 1. The maximum absolute atomic E-state index is 12.8. The number of alkyl halides is 2. The number of dihydropyridines is 1. The molecule has 162 valence electrons. The van der Waals surface area contributed by atoms with Gasteiger partial charge in [0.05, 0.1) is 49.9 Å². The quantitative estimate of drug-likeness (QED) is 0.756. The van der Waals surface area contributed by atoms with Crippen molar-refractivity contribution in [2.75, 3.05) is 25.7 Å². The number of fused-ring (bicyclic) bond motifs is 1. The van der Waals surface area contributed by atoms with Gasteiger partial charge in [0.25, 0.3) is 17.9 Å². The predicted molar refractivity (Wildman–Crippen MR) is 108 cm³/mol. The highest BCUT2D eigenvalue weighted by molar-refractivity contribution is 6.09. The smallest absolute Gasteiger partial charge is 0.260 e. The lowest BCUT2D eigenvalue weighted by molar-refractivity contribution is 0.0996. The van der Waals surface area contributed by atoms with E-state index in [0.29, 0.717) is 40.8 Å². The van der Waals surface area contributed by atoms with Crippen molar-refractivity contribution in [2.24, 2.45) is 0 Å². The third-order valence-corrected chi connectivity index (χ3v) is 5.11. The lowest BCUT2D eigenvalue weighted by Crippen LogP contribution is -2.27. The Hall–Kier alpha value is -3.69. The molecule has 0 spiro atoms. The SMILES string of the molecule is COC1=C(OC)NCC(c2ccc3c(n2)CN(c2ccn(CC(F)F)c(=O)c2)C3=O)=C1. The Morgan fingerprint density at radius 3 is 2.68 bits per heavy atom. The number of hydrogen-bond acceptors (Lipinski definition) is 6. The van der Waals surface area contributed by atoms with Gasteiger partial charge in [-0.2, -0.15) is 0 Å². The molecule has 10 heteroatoms. The van der Waals surface area contributed by atoms with E-state index in [-0.39, 0.29) is 12.5 Å². The van der Waals surface area contributed by atoms with E-state index >= 15 is 0 Å². The lowest BCUT2D eigenvalue weighted by Gasteiger charge is -2.20. The second-order valence-corrected chi connectivity index (χ2v) is 6.97. The standard InChI is InChI=1S/C21H20F2N4O4/c1-30-17-7-12(9-24-20(17)31-2)15-4-3-14-16(25-15)10-27(21(14)29)13-5-6-26(11-18(22)23)19(28)8-13/h3-8,18,24H,9-11H2,1-2H3. The van der Waals surface area contributed by atoms with Crippen molar-refractivity contribution in [3.63, 3.8) is 0 Å². The molecule has 1 amide bonds. The Balaban J connectivity index is 1.61. The van der Waals surface area contributed by atoms with Crippen LogP contribution in [-0.4, -0.2) is 42.6 Å². The van der Waals surface area contributed by atoms with Crippen LogP contribution in [0.5, 0.6) is 0 Å². The number of pyridine rings is 2. The fourth-order valence-electron chi connectivity index (χ4n) is 3.56. The minimum atomic E-state index is -2.64. The molecular weight excluding hydrogens is 410 g/mol. The van der Waals surface area contributed by atoms with Gasteiger partial charge < -0.3 is 24.3 Å². The van der Waals surface area contributed by atoms with Crippen LogP contribution in [0, 0.1) is 0 Å². The van der Waals surface area contributed by atoms with Crippen LogP contribution in [0.1, 0.15) is 21.7 Å². The molecule has 2 aromatic heterocycles. The second-order valence-electron chi connectivity index (χ2n) is 6.97. The number of aromatic nitrogens is 2. The summed E-state index contributed by atoms with van der Waals surface area (Å²) in [6.07, 6.45) is 0.450. The van der Waals surface area contributed by atoms with Crippen LogP contribution in [0.15, 0.2) is 53.0 Å². The molecule has 0 aromatic carbocycles. The van der Waals surface area contributed by atoms with E-state index < -0.39 is 18.5 Å². The highest BCUT2D eigenvalue weighted by Gasteiger charge is 2.31. The molecule has 0 fully saturated rings. The number of nitrogens with zero attached hydrogens (tertiary/aromatic N) is 3. The lowest BCUT2D eigenvalue weighted by atomic mass is 10.1. The van der Waals surface area contributed by atoms with Crippen molar-refractivity contribution >= 4 is 17.2 Å². The van der Waals surface area contributed by atoms with Crippen LogP contribution in [0.3, 0.4) is 0 Å². The molecule has 0 radical (unpaired) electrons. The number of anilines is 1. The van der Waals surface area contributed by atoms with Gasteiger partial charge in [0.1, 0.15) is 0 Å². The zero-order valence-electron chi connectivity index (χ0n) is 16.9. The Morgan fingerprint density at radius 2 is 2.00 bits per heavy atom. The molecule has 0 unspecified atom stereocenters. The summed E-state index contributed by atoms with van der Waals surface area (Å²) < 4.78 is 36.6. The van der Waals surface area contributed by atoms with Crippen LogP contribution < -0.4 is 15.8 Å². The maximum Gasteiger partial charge on any atom is 0.260 e. The minimum Gasteiger partial charge on any atom is -0.491 e. The molecule has 8 nitrogen and oxygen atoms in total.